The molecule has 4 atom stereocenters. The molecule has 23 heavy (non-hydrogen) atoms. The van der Waals surface area contributed by atoms with Crippen LogP contribution in [0, 0.1) is 17.8 Å². The molecule has 4 nitrogen and oxygen atoms in total. The first-order valence-corrected chi connectivity index (χ1v) is 9.96. The second kappa shape index (κ2) is 9.36. The first-order chi connectivity index (χ1) is 11.0. The SMILES string of the molecule is CC[NH+]1CC[NH+](C[C@@H](O)CO[C@@H]2C[C@H](C)CC[C@@H]2C(C)C)CC1. The third-order valence-corrected chi connectivity index (χ3v) is 6.15. The lowest BCUT2D eigenvalue weighted by Gasteiger charge is -2.37. The van der Waals surface area contributed by atoms with Gasteiger partial charge < -0.3 is 19.6 Å². The van der Waals surface area contributed by atoms with Crippen LogP contribution in [0.4, 0.5) is 0 Å². The highest BCUT2D eigenvalue weighted by Gasteiger charge is 2.32. The zero-order chi connectivity index (χ0) is 16.8. The summed E-state index contributed by atoms with van der Waals surface area (Å²) in [6, 6.07) is 0. The van der Waals surface area contributed by atoms with Crippen molar-refractivity contribution in [3.05, 3.63) is 0 Å². The predicted octanol–water partition coefficient (Wildman–Crippen LogP) is -0.372. The van der Waals surface area contributed by atoms with Gasteiger partial charge in [-0.25, -0.2) is 0 Å². The van der Waals surface area contributed by atoms with Crippen molar-refractivity contribution in [1.29, 1.82) is 0 Å². The van der Waals surface area contributed by atoms with Crippen molar-refractivity contribution < 1.29 is 19.6 Å². The highest BCUT2D eigenvalue weighted by molar-refractivity contribution is 4.81. The second-order valence-electron chi connectivity index (χ2n) is 8.41. The van der Waals surface area contributed by atoms with Gasteiger partial charge in [0.05, 0.1) is 19.3 Å². The largest absolute Gasteiger partial charge is 0.385 e. The quantitative estimate of drug-likeness (QED) is 0.597. The van der Waals surface area contributed by atoms with Crippen LogP contribution < -0.4 is 9.80 Å². The van der Waals surface area contributed by atoms with Crippen molar-refractivity contribution in [3.8, 4) is 0 Å². The minimum atomic E-state index is -0.307. The molecule has 4 heteroatoms. The van der Waals surface area contributed by atoms with Crippen LogP contribution in [0.1, 0.15) is 47.0 Å². The lowest BCUT2D eigenvalue weighted by molar-refractivity contribution is -1.01. The third kappa shape index (κ3) is 6.00. The zero-order valence-corrected chi connectivity index (χ0v) is 15.8. The van der Waals surface area contributed by atoms with Crippen molar-refractivity contribution in [2.45, 2.75) is 59.2 Å². The molecule has 0 amide bonds. The molecule has 1 aliphatic heterocycles. The standard InChI is InChI=1S/C19H38N2O2/c1-5-20-8-10-21(11-9-20)13-17(22)14-23-19-12-16(4)6-7-18(19)15(2)3/h15-19,22H,5-14H2,1-4H3/p+2/t16-,17-,18-,19-/m1/s1. The number of ether oxygens (including phenoxy) is 1. The summed E-state index contributed by atoms with van der Waals surface area (Å²) in [5.74, 6) is 2.12. The maximum atomic E-state index is 10.4. The average Bonchev–Trinajstić information content (AvgIpc) is 2.53. The highest BCUT2D eigenvalue weighted by Crippen LogP contribution is 2.35. The van der Waals surface area contributed by atoms with E-state index in [0.29, 0.717) is 24.5 Å². The lowest BCUT2D eigenvalue weighted by Crippen LogP contribution is -3.28. The van der Waals surface area contributed by atoms with E-state index < -0.39 is 0 Å². The lowest BCUT2D eigenvalue weighted by atomic mass is 9.75. The number of likely N-dealkylation sites (N-methyl/N-ethyl adjacent to an activating group) is 1. The smallest absolute Gasteiger partial charge is 0.127 e. The Kier molecular flexibility index (Phi) is 7.80. The van der Waals surface area contributed by atoms with Crippen molar-refractivity contribution >= 4 is 0 Å². The van der Waals surface area contributed by atoms with Gasteiger partial charge in [-0.1, -0.05) is 27.2 Å². The molecule has 0 aromatic carbocycles. The molecule has 1 heterocycles. The first kappa shape index (κ1) is 19.2. The van der Waals surface area contributed by atoms with Crippen LogP contribution in [0.3, 0.4) is 0 Å². The van der Waals surface area contributed by atoms with Gasteiger partial charge in [0.1, 0.15) is 38.8 Å². The molecule has 0 bridgehead atoms. The summed E-state index contributed by atoms with van der Waals surface area (Å²) >= 11 is 0. The van der Waals surface area contributed by atoms with Gasteiger partial charge in [-0.15, -0.1) is 0 Å². The van der Waals surface area contributed by atoms with Gasteiger partial charge in [-0.05, 0) is 37.5 Å². The van der Waals surface area contributed by atoms with E-state index in [4.69, 9.17) is 4.74 Å². The second-order valence-corrected chi connectivity index (χ2v) is 8.41. The molecular formula is C19H40N2O2+2. The topological polar surface area (TPSA) is 38.3 Å². The molecular weight excluding hydrogens is 288 g/mol. The van der Waals surface area contributed by atoms with Gasteiger partial charge in [0.25, 0.3) is 0 Å². The molecule has 0 aromatic heterocycles. The normalized spacial score (nSPS) is 37.0. The Bertz CT molecular complexity index is 329. The van der Waals surface area contributed by atoms with E-state index in [2.05, 4.69) is 27.7 Å². The summed E-state index contributed by atoms with van der Waals surface area (Å²) in [7, 11) is 0. The molecule has 0 spiro atoms. The molecule has 1 aliphatic carbocycles. The molecule has 2 rings (SSSR count). The summed E-state index contributed by atoms with van der Waals surface area (Å²) in [6.45, 7) is 16.7. The summed E-state index contributed by atoms with van der Waals surface area (Å²) < 4.78 is 6.20. The summed E-state index contributed by atoms with van der Waals surface area (Å²) in [6.07, 6.45) is 3.83. The van der Waals surface area contributed by atoms with Crippen molar-refractivity contribution in [1.82, 2.24) is 0 Å². The van der Waals surface area contributed by atoms with E-state index >= 15 is 0 Å². The number of piperazine rings is 1. The summed E-state index contributed by atoms with van der Waals surface area (Å²) in [4.78, 5) is 3.26. The first-order valence-electron chi connectivity index (χ1n) is 9.96. The van der Waals surface area contributed by atoms with Crippen molar-refractivity contribution in [2.24, 2.45) is 17.8 Å². The summed E-state index contributed by atoms with van der Waals surface area (Å²) in [5, 5.41) is 10.4. The minimum Gasteiger partial charge on any atom is -0.385 e. The fraction of sp³-hybridized carbons (Fsp3) is 1.00. The van der Waals surface area contributed by atoms with Crippen LogP contribution in [0.5, 0.6) is 0 Å². The highest BCUT2D eigenvalue weighted by atomic mass is 16.5. The van der Waals surface area contributed by atoms with Gasteiger partial charge in [0.2, 0.25) is 0 Å². The number of aliphatic hydroxyl groups is 1. The van der Waals surface area contributed by atoms with Crippen LogP contribution in [0.25, 0.3) is 0 Å². The van der Waals surface area contributed by atoms with Gasteiger partial charge in [-0.3, -0.25) is 0 Å². The van der Waals surface area contributed by atoms with E-state index in [1.807, 2.05) is 0 Å². The third-order valence-electron chi connectivity index (χ3n) is 6.15. The molecule has 1 saturated heterocycles. The summed E-state index contributed by atoms with van der Waals surface area (Å²) in [5.41, 5.74) is 0. The Morgan fingerprint density at radius 1 is 1.09 bits per heavy atom. The average molecular weight is 329 g/mol. The molecule has 0 aromatic rings. The number of hydrogen-bond donors (Lipinski definition) is 3. The number of aliphatic hydroxyl groups excluding tert-OH is 1. The van der Waals surface area contributed by atoms with Gasteiger partial charge in [0.15, 0.2) is 0 Å². The fourth-order valence-corrected chi connectivity index (χ4v) is 4.45. The predicted molar refractivity (Wildman–Crippen MR) is 93.9 cm³/mol. The molecule has 0 unspecified atom stereocenters. The van der Waals surface area contributed by atoms with E-state index in [0.717, 1.165) is 12.5 Å². The fourth-order valence-electron chi connectivity index (χ4n) is 4.45. The van der Waals surface area contributed by atoms with Crippen LogP contribution in [-0.2, 0) is 4.74 Å². The van der Waals surface area contributed by atoms with E-state index in [1.165, 1.54) is 52.0 Å². The van der Waals surface area contributed by atoms with Crippen molar-refractivity contribution in [3.63, 3.8) is 0 Å². The number of rotatable bonds is 7. The van der Waals surface area contributed by atoms with Crippen LogP contribution in [0.15, 0.2) is 0 Å². The monoisotopic (exact) mass is 328 g/mol. The van der Waals surface area contributed by atoms with Crippen LogP contribution in [-0.4, -0.2) is 63.2 Å². The van der Waals surface area contributed by atoms with Crippen LogP contribution in [0.2, 0.25) is 0 Å². The van der Waals surface area contributed by atoms with Gasteiger partial charge >= 0.3 is 0 Å². The Hall–Kier alpha value is -0.160. The molecule has 2 aliphatic rings. The number of hydrogen-bond acceptors (Lipinski definition) is 2. The maximum absolute atomic E-state index is 10.4. The molecule has 1 saturated carbocycles. The van der Waals surface area contributed by atoms with E-state index in [-0.39, 0.29) is 6.10 Å². The molecule has 0 radical (unpaired) electrons. The van der Waals surface area contributed by atoms with Crippen molar-refractivity contribution in [2.75, 3.05) is 45.9 Å². The molecule has 2 fully saturated rings. The Labute approximate surface area is 143 Å². The van der Waals surface area contributed by atoms with E-state index in [9.17, 15) is 5.11 Å². The Balaban J connectivity index is 1.71. The van der Waals surface area contributed by atoms with Crippen LogP contribution >= 0.6 is 0 Å². The molecule has 136 valence electrons. The van der Waals surface area contributed by atoms with E-state index in [1.54, 1.807) is 9.80 Å². The van der Waals surface area contributed by atoms with Gasteiger partial charge in [0, 0.05) is 0 Å². The van der Waals surface area contributed by atoms with Gasteiger partial charge in [-0.2, -0.15) is 0 Å². The molecule has 3 N–H and O–H groups in total. The minimum absolute atomic E-state index is 0.307. The Morgan fingerprint density at radius 2 is 1.74 bits per heavy atom. The maximum Gasteiger partial charge on any atom is 0.127 e. The zero-order valence-electron chi connectivity index (χ0n) is 15.8. The number of nitrogens with one attached hydrogen (secondary N) is 2. The number of quaternary nitrogens is 2. The Morgan fingerprint density at radius 3 is 2.35 bits per heavy atom.